The first kappa shape index (κ1) is 18.9. The second kappa shape index (κ2) is 7.31. The molecule has 2 amide bonds. The number of hydrogen-bond donors (Lipinski definition) is 2. The summed E-state index contributed by atoms with van der Waals surface area (Å²) in [4.78, 5) is 29.6. The van der Waals surface area contributed by atoms with Crippen LogP contribution in [0.4, 0.5) is 0 Å². The zero-order chi connectivity index (χ0) is 20.0. The maximum Gasteiger partial charge on any atom is 0.226 e. The molecule has 0 atom stereocenters. The standard InChI is InChI=1S/C22H27ClN4O2/c23-17-1-2-19-26-18(13-27(19)12-17)11-25-20(28)3-4-24-21(29)22-8-14-5-15(9-22)7-16(6-14)10-22/h1-2,12-16H,3-11H2,(H,24,29)(H,25,28). The van der Waals surface area contributed by atoms with Gasteiger partial charge in [0.2, 0.25) is 11.8 Å². The normalized spacial score (nSPS) is 29.9. The van der Waals surface area contributed by atoms with E-state index >= 15 is 0 Å². The third-order valence-electron chi connectivity index (χ3n) is 7.09. The van der Waals surface area contributed by atoms with Crippen molar-refractivity contribution < 1.29 is 9.59 Å². The van der Waals surface area contributed by atoms with Crippen LogP contribution in [0.1, 0.15) is 50.6 Å². The Morgan fingerprint density at radius 2 is 1.76 bits per heavy atom. The highest BCUT2D eigenvalue weighted by Crippen LogP contribution is 2.60. The van der Waals surface area contributed by atoms with Crippen molar-refractivity contribution in [2.24, 2.45) is 23.2 Å². The Labute approximate surface area is 175 Å². The molecule has 0 spiro atoms. The predicted molar refractivity (Wildman–Crippen MR) is 110 cm³/mol. The van der Waals surface area contributed by atoms with Crippen molar-refractivity contribution in [3.8, 4) is 0 Å². The number of pyridine rings is 1. The van der Waals surface area contributed by atoms with E-state index < -0.39 is 0 Å². The predicted octanol–water partition coefficient (Wildman–Crippen LogP) is 3.33. The first-order valence-electron chi connectivity index (χ1n) is 10.7. The van der Waals surface area contributed by atoms with Crippen molar-refractivity contribution in [2.45, 2.75) is 51.5 Å². The van der Waals surface area contributed by atoms with Gasteiger partial charge < -0.3 is 15.0 Å². The minimum atomic E-state index is -0.150. The highest BCUT2D eigenvalue weighted by atomic mass is 35.5. The Balaban J connectivity index is 1.09. The van der Waals surface area contributed by atoms with Crippen LogP contribution in [0, 0.1) is 23.2 Å². The number of rotatable bonds is 6. The molecule has 7 heteroatoms. The number of halogens is 1. The zero-order valence-corrected chi connectivity index (χ0v) is 17.3. The molecule has 4 aliphatic carbocycles. The Bertz CT molecular complexity index is 918. The van der Waals surface area contributed by atoms with Crippen LogP contribution in [0.15, 0.2) is 24.5 Å². The molecular formula is C22H27ClN4O2. The summed E-state index contributed by atoms with van der Waals surface area (Å²) >= 11 is 5.98. The monoisotopic (exact) mass is 414 g/mol. The summed E-state index contributed by atoms with van der Waals surface area (Å²) in [6.07, 6.45) is 11.1. The molecule has 4 aliphatic rings. The van der Waals surface area contributed by atoms with E-state index in [9.17, 15) is 9.59 Å². The van der Waals surface area contributed by atoms with Gasteiger partial charge in [0, 0.05) is 30.8 Å². The number of carbonyl (C=O) groups excluding carboxylic acids is 2. The van der Waals surface area contributed by atoms with E-state index in [4.69, 9.17) is 11.6 Å². The van der Waals surface area contributed by atoms with Crippen molar-refractivity contribution in [1.82, 2.24) is 20.0 Å². The molecule has 4 saturated carbocycles. The molecule has 0 radical (unpaired) electrons. The van der Waals surface area contributed by atoms with Crippen molar-refractivity contribution >= 4 is 29.1 Å². The lowest BCUT2D eigenvalue weighted by Crippen LogP contribution is -2.53. The molecule has 2 aromatic heterocycles. The lowest BCUT2D eigenvalue weighted by Gasteiger charge is -2.55. The van der Waals surface area contributed by atoms with E-state index in [0.717, 1.165) is 48.4 Å². The smallest absolute Gasteiger partial charge is 0.226 e. The van der Waals surface area contributed by atoms with Gasteiger partial charge in [-0.2, -0.15) is 0 Å². The molecule has 0 unspecified atom stereocenters. The van der Waals surface area contributed by atoms with Crippen molar-refractivity contribution in [3.63, 3.8) is 0 Å². The molecular weight excluding hydrogens is 388 g/mol. The summed E-state index contributed by atoms with van der Waals surface area (Å²) in [6, 6.07) is 3.63. The molecule has 2 heterocycles. The van der Waals surface area contributed by atoms with Gasteiger partial charge >= 0.3 is 0 Å². The molecule has 4 bridgehead atoms. The highest BCUT2D eigenvalue weighted by Gasteiger charge is 2.54. The fourth-order valence-electron chi connectivity index (χ4n) is 6.25. The average Bonchev–Trinajstić information content (AvgIpc) is 3.07. The number of amides is 2. The summed E-state index contributed by atoms with van der Waals surface area (Å²) < 4.78 is 1.84. The highest BCUT2D eigenvalue weighted by molar-refractivity contribution is 6.30. The molecule has 6 rings (SSSR count). The molecule has 0 aromatic carbocycles. The van der Waals surface area contributed by atoms with Crippen LogP contribution in [-0.2, 0) is 16.1 Å². The topological polar surface area (TPSA) is 75.5 Å². The number of fused-ring (bicyclic) bond motifs is 1. The van der Waals surface area contributed by atoms with Gasteiger partial charge in [-0.25, -0.2) is 4.98 Å². The van der Waals surface area contributed by atoms with Gasteiger partial charge in [-0.15, -0.1) is 0 Å². The maximum absolute atomic E-state index is 12.9. The van der Waals surface area contributed by atoms with Crippen LogP contribution >= 0.6 is 11.6 Å². The quantitative estimate of drug-likeness (QED) is 0.761. The summed E-state index contributed by atoms with van der Waals surface area (Å²) in [7, 11) is 0. The fraction of sp³-hybridized carbons (Fsp3) is 0.591. The molecule has 0 saturated heterocycles. The van der Waals surface area contributed by atoms with Gasteiger partial charge in [0.25, 0.3) is 0 Å². The average molecular weight is 415 g/mol. The molecule has 6 nitrogen and oxygen atoms in total. The summed E-state index contributed by atoms with van der Waals surface area (Å²) in [5.74, 6) is 2.34. The molecule has 0 aliphatic heterocycles. The van der Waals surface area contributed by atoms with Crippen LogP contribution in [0.25, 0.3) is 5.65 Å². The van der Waals surface area contributed by atoms with E-state index in [1.807, 2.05) is 16.7 Å². The van der Waals surface area contributed by atoms with Gasteiger partial charge in [0.15, 0.2) is 0 Å². The summed E-state index contributed by atoms with van der Waals surface area (Å²) in [5, 5.41) is 6.59. The van der Waals surface area contributed by atoms with Crippen molar-refractivity contribution in [2.75, 3.05) is 6.54 Å². The molecule has 2 N–H and O–H groups in total. The largest absolute Gasteiger partial charge is 0.355 e. The fourth-order valence-corrected chi connectivity index (χ4v) is 6.41. The summed E-state index contributed by atoms with van der Waals surface area (Å²) in [6.45, 7) is 0.758. The second-order valence-electron chi connectivity index (χ2n) is 9.33. The van der Waals surface area contributed by atoms with E-state index in [1.165, 1.54) is 19.3 Å². The first-order valence-corrected chi connectivity index (χ1v) is 11.0. The van der Waals surface area contributed by atoms with Crippen molar-refractivity contribution in [1.29, 1.82) is 0 Å². The Morgan fingerprint density at radius 1 is 1.07 bits per heavy atom. The van der Waals surface area contributed by atoms with Crippen LogP contribution in [0.3, 0.4) is 0 Å². The van der Waals surface area contributed by atoms with E-state index in [1.54, 1.807) is 12.3 Å². The molecule has 154 valence electrons. The minimum absolute atomic E-state index is 0.0779. The number of hydrogen-bond acceptors (Lipinski definition) is 3. The molecule has 29 heavy (non-hydrogen) atoms. The SMILES string of the molecule is O=C(CCNC(=O)C12CC3CC(CC(C3)C1)C2)NCc1cn2cc(Cl)ccc2n1. The van der Waals surface area contributed by atoms with Gasteiger partial charge in [-0.05, 0) is 68.4 Å². The van der Waals surface area contributed by atoms with Crippen LogP contribution in [-0.4, -0.2) is 27.7 Å². The molecule has 4 fully saturated rings. The lowest BCUT2D eigenvalue weighted by molar-refractivity contribution is -0.146. The van der Waals surface area contributed by atoms with Gasteiger partial charge in [0.1, 0.15) is 5.65 Å². The Morgan fingerprint density at radius 3 is 2.45 bits per heavy atom. The van der Waals surface area contributed by atoms with Gasteiger partial charge in [-0.1, -0.05) is 11.6 Å². The third-order valence-corrected chi connectivity index (χ3v) is 7.31. The van der Waals surface area contributed by atoms with E-state index in [0.29, 0.717) is 18.1 Å². The number of imidazole rings is 1. The minimum Gasteiger partial charge on any atom is -0.355 e. The van der Waals surface area contributed by atoms with Crippen LogP contribution in [0.5, 0.6) is 0 Å². The van der Waals surface area contributed by atoms with Crippen LogP contribution in [0.2, 0.25) is 5.02 Å². The Hall–Kier alpha value is -2.08. The number of nitrogens with one attached hydrogen (secondary N) is 2. The molecule has 2 aromatic rings. The maximum atomic E-state index is 12.9. The van der Waals surface area contributed by atoms with Gasteiger partial charge in [0.05, 0.1) is 17.3 Å². The second-order valence-corrected chi connectivity index (χ2v) is 9.76. The lowest BCUT2D eigenvalue weighted by atomic mass is 9.49. The third kappa shape index (κ3) is 3.75. The van der Waals surface area contributed by atoms with Crippen LogP contribution < -0.4 is 10.6 Å². The number of nitrogens with zero attached hydrogens (tertiary/aromatic N) is 2. The van der Waals surface area contributed by atoms with Crippen molar-refractivity contribution in [3.05, 3.63) is 35.2 Å². The van der Waals surface area contributed by atoms with Gasteiger partial charge in [-0.3, -0.25) is 9.59 Å². The van der Waals surface area contributed by atoms with E-state index in [2.05, 4.69) is 15.6 Å². The Kier molecular flexibility index (Phi) is 4.77. The summed E-state index contributed by atoms with van der Waals surface area (Å²) in [5.41, 5.74) is 1.42. The number of aromatic nitrogens is 2. The van der Waals surface area contributed by atoms with E-state index in [-0.39, 0.29) is 23.7 Å². The number of carbonyl (C=O) groups is 2. The first-order chi connectivity index (χ1) is 14.0. The zero-order valence-electron chi connectivity index (χ0n) is 16.5.